The maximum absolute atomic E-state index is 15.7. The molecule has 2 aromatic heterocycles. The van der Waals surface area contributed by atoms with Crippen LogP contribution in [-0.4, -0.2) is 45.0 Å². The SMILES string of the molecule is COc1cccc(-c2cccc(-c3cc4nc(C)c(C(OC(C)(C)C)C(=O)O)c(-c5cc(F)c6c(c5C)CCCO6)n4n3)c2)c1. The summed E-state index contributed by atoms with van der Waals surface area (Å²) in [6.45, 7) is 9.51. The maximum atomic E-state index is 15.7. The second-order valence-electron chi connectivity index (χ2n) is 12.3. The summed E-state index contributed by atoms with van der Waals surface area (Å²) in [4.78, 5) is 17.6. The zero-order valence-corrected chi connectivity index (χ0v) is 26.3. The fourth-order valence-electron chi connectivity index (χ4n) is 6.00. The Bertz CT molecular complexity index is 1940. The van der Waals surface area contributed by atoms with Gasteiger partial charge in [0.1, 0.15) is 5.75 Å². The van der Waals surface area contributed by atoms with Gasteiger partial charge in [-0.25, -0.2) is 18.7 Å². The number of halogens is 1. The van der Waals surface area contributed by atoms with Crippen molar-refractivity contribution in [3.05, 3.63) is 88.9 Å². The quantitative estimate of drug-likeness (QED) is 0.202. The monoisotopic (exact) mass is 609 g/mol. The van der Waals surface area contributed by atoms with Crippen LogP contribution in [0.15, 0.2) is 60.7 Å². The number of aromatic nitrogens is 3. The van der Waals surface area contributed by atoms with E-state index < -0.39 is 23.5 Å². The molecule has 232 valence electrons. The molecule has 3 aromatic carbocycles. The van der Waals surface area contributed by atoms with E-state index in [2.05, 4.69) is 0 Å². The molecule has 0 bridgehead atoms. The highest BCUT2D eigenvalue weighted by atomic mass is 19.1. The van der Waals surface area contributed by atoms with Crippen molar-refractivity contribution < 1.29 is 28.5 Å². The van der Waals surface area contributed by atoms with Gasteiger partial charge in [-0.3, -0.25) is 0 Å². The topological polar surface area (TPSA) is 95.2 Å². The third-order valence-corrected chi connectivity index (χ3v) is 8.04. The number of carboxylic acids is 1. The lowest BCUT2D eigenvalue weighted by Gasteiger charge is -2.28. The van der Waals surface area contributed by atoms with Crippen molar-refractivity contribution >= 4 is 11.6 Å². The zero-order valence-electron chi connectivity index (χ0n) is 26.3. The lowest BCUT2D eigenvalue weighted by atomic mass is 9.91. The van der Waals surface area contributed by atoms with Crippen molar-refractivity contribution in [3.63, 3.8) is 0 Å². The van der Waals surface area contributed by atoms with Crippen LogP contribution in [0.4, 0.5) is 4.39 Å². The lowest BCUT2D eigenvalue weighted by Crippen LogP contribution is -2.29. The van der Waals surface area contributed by atoms with Gasteiger partial charge in [0.15, 0.2) is 23.3 Å². The highest BCUT2D eigenvalue weighted by Crippen LogP contribution is 2.42. The molecule has 0 saturated carbocycles. The van der Waals surface area contributed by atoms with Crippen LogP contribution >= 0.6 is 0 Å². The summed E-state index contributed by atoms with van der Waals surface area (Å²) in [7, 11) is 1.64. The van der Waals surface area contributed by atoms with Gasteiger partial charge in [-0.1, -0.05) is 30.3 Å². The highest BCUT2D eigenvalue weighted by Gasteiger charge is 2.34. The Kier molecular flexibility index (Phi) is 7.82. The van der Waals surface area contributed by atoms with E-state index in [0.717, 1.165) is 40.0 Å². The maximum Gasteiger partial charge on any atom is 0.337 e. The van der Waals surface area contributed by atoms with Gasteiger partial charge < -0.3 is 19.3 Å². The number of aliphatic carboxylic acids is 1. The van der Waals surface area contributed by atoms with E-state index in [-0.39, 0.29) is 5.75 Å². The predicted molar refractivity (Wildman–Crippen MR) is 170 cm³/mol. The molecule has 45 heavy (non-hydrogen) atoms. The Morgan fingerprint density at radius 2 is 1.76 bits per heavy atom. The third kappa shape index (κ3) is 5.76. The summed E-state index contributed by atoms with van der Waals surface area (Å²) in [6.07, 6.45) is 0.0293. The van der Waals surface area contributed by atoms with E-state index in [9.17, 15) is 9.90 Å². The van der Waals surface area contributed by atoms with Crippen LogP contribution in [0.2, 0.25) is 0 Å². The summed E-state index contributed by atoms with van der Waals surface area (Å²) in [5.74, 6) is -0.664. The van der Waals surface area contributed by atoms with E-state index >= 15 is 4.39 Å². The molecule has 0 spiro atoms. The molecule has 3 heterocycles. The molecule has 0 fully saturated rings. The molecule has 6 rings (SSSR count). The van der Waals surface area contributed by atoms with Crippen LogP contribution in [0.1, 0.15) is 55.7 Å². The minimum absolute atomic E-state index is 0.252. The third-order valence-electron chi connectivity index (χ3n) is 8.04. The Labute approximate surface area is 261 Å². The van der Waals surface area contributed by atoms with Crippen LogP contribution < -0.4 is 9.47 Å². The van der Waals surface area contributed by atoms with E-state index in [0.29, 0.717) is 46.9 Å². The molecule has 1 N–H and O–H groups in total. The molecule has 0 amide bonds. The summed E-state index contributed by atoms with van der Waals surface area (Å²) in [6, 6.07) is 19.1. The fraction of sp³-hybridized carbons (Fsp3) is 0.306. The molecule has 5 aromatic rings. The number of hydrogen-bond donors (Lipinski definition) is 1. The van der Waals surface area contributed by atoms with Crippen LogP contribution in [-0.2, 0) is 16.0 Å². The molecular weight excluding hydrogens is 573 g/mol. The number of rotatable bonds is 7. The van der Waals surface area contributed by atoms with Gasteiger partial charge in [0.2, 0.25) is 0 Å². The number of fused-ring (bicyclic) bond motifs is 2. The molecular formula is C36H36FN3O5. The Morgan fingerprint density at radius 3 is 2.47 bits per heavy atom. The summed E-state index contributed by atoms with van der Waals surface area (Å²) >= 11 is 0. The van der Waals surface area contributed by atoms with Crippen LogP contribution in [0.3, 0.4) is 0 Å². The minimum Gasteiger partial charge on any atom is -0.497 e. The predicted octanol–water partition coefficient (Wildman–Crippen LogP) is 7.76. The Hall–Kier alpha value is -4.76. The van der Waals surface area contributed by atoms with Crippen molar-refractivity contribution in [2.45, 2.75) is 59.2 Å². The van der Waals surface area contributed by atoms with Crippen molar-refractivity contribution in [2.24, 2.45) is 0 Å². The van der Waals surface area contributed by atoms with E-state index in [1.165, 1.54) is 6.07 Å². The second kappa shape index (κ2) is 11.6. The number of nitrogens with zero attached hydrogens (tertiary/aromatic N) is 3. The molecule has 8 nitrogen and oxygen atoms in total. The fourth-order valence-corrected chi connectivity index (χ4v) is 6.00. The standard InChI is InChI=1S/C36H36FN3O5/c1-20-26-14-9-15-44-33(26)28(37)18-27(20)32-31(34(35(41)42)45-36(3,4)5)21(2)38-30-19-29(39-40(30)32)24-12-7-10-22(16-24)23-11-8-13-25(17-23)43-6/h7-8,10-13,16-19,34H,9,14-15H2,1-6H3,(H,41,42). The molecule has 1 unspecified atom stereocenters. The van der Waals surface area contributed by atoms with Gasteiger partial charge in [0.25, 0.3) is 0 Å². The molecule has 0 saturated heterocycles. The minimum atomic E-state index is -1.38. The summed E-state index contributed by atoms with van der Waals surface area (Å²) in [5, 5.41) is 15.4. The average Bonchev–Trinajstić information content (AvgIpc) is 3.44. The first-order valence-corrected chi connectivity index (χ1v) is 15.0. The highest BCUT2D eigenvalue weighted by molar-refractivity contribution is 5.83. The van der Waals surface area contributed by atoms with Gasteiger partial charge >= 0.3 is 5.97 Å². The first-order valence-electron chi connectivity index (χ1n) is 15.0. The molecule has 0 radical (unpaired) electrons. The first-order chi connectivity index (χ1) is 21.4. The van der Waals surface area contributed by atoms with Gasteiger partial charge in [-0.05, 0) is 88.4 Å². The smallest absolute Gasteiger partial charge is 0.337 e. The number of carbonyl (C=O) groups is 1. The zero-order chi connectivity index (χ0) is 32.0. The second-order valence-corrected chi connectivity index (χ2v) is 12.3. The molecule has 1 atom stereocenters. The normalized spacial score (nSPS) is 13.8. The molecule has 1 aliphatic rings. The van der Waals surface area contributed by atoms with Gasteiger partial charge in [-0.15, -0.1) is 0 Å². The number of aryl methyl sites for hydroxylation is 1. The largest absolute Gasteiger partial charge is 0.497 e. The average molecular weight is 610 g/mol. The van der Waals surface area contributed by atoms with E-state index in [4.69, 9.17) is 24.3 Å². The number of carboxylic acid groups (broad SMARTS) is 1. The lowest BCUT2D eigenvalue weighted by molar-refractivity contribution is -0.160. The van der Waals surface area contributed by atoms with Crippen molar-refractivity contribution in [3.8, 4) is 45.1 Å². The van der Waals surface area contributed by atoms with Gasteiger partial charge in [0.05, 0.1) is 30.7 Å². The van der Waals surface area contributed by atoms with Crippen LogP contribution in [0.5, 0.6) is 11.5 Å². The number of methoxy groups -OCH3 is 1. The number of ether oxygens (including phenoxy) is 3. The summed E-state index contributed by atoms with van der Waals surface area (Å²) in [5.41, 5.74) is 6.45. The first kappa shape index (κ1) is 30.3. The molecule has 0 aliphatic carbocycles. The van der Waals surface area contributed by atoms with E-state index in [1.54, 1.807) is 39.3 Å². The van der Waals surface area contributed by atoms with E-state index in [1.807, 2.05) is 61.5 Å². The number of hydrogen-bond acceptors (Lipinski definition) is 6. The van der Waals surface area contributed by atoms with Crippen molar-refractivity contribution in [1.82, 2.24) is 14.6 Å². The summed E-state index contributed by atoms with van der Waals surface area (Å²) < 4.78 is 34.5. The van der Waals surface area contributed by atoms with Gasteiger partial charge in [0, 0.05) is 34.0 Å². The molecule has 1 aliphatic heterocycles. The number of benzene rings is 3. The Balaban J connectivity index is 1.61. The van der Waals surface area contributed by atoms with Gasteiger partial charge in [-0.2, -0.15) is 5.10 Å². The van der Waals surface area contributed by atoms with Crippen molar-refractivity contribution in [2.75, 3.05) is 13.7 Å². The Morgan fingerprint density at radius 1 is 1.04 bits per heavy atom. The van der Waals surface area contributed by atoms with Crippen LogP contribution in [0, 0.1) is 19.7 Å². The van der Waals surface area contributed by atoms with Crippen molar-refractivity contribution in [1.29, 1.82) is 0 Å². The van der Waals surface area contributed by atoms with Crippen LogP contribution in [0.25, 0.3) is 39.3 Å². The molecule has 9 heteroatoms.